The maximum atomic E-state index is 6.29. The Kier molecular flexibility index (Phi) is 5.34. The van der Waals surface area contributed by atoms with E-state index in [4.69, 9.17) is 16.3 Å². The van der Waals surface area contributed by atoms with Gasteiger partial charge in [-0.25, -0.2) is 0 Å². The predicted octanol–water partition coefficient (Wildman–Crippen LogP) is 4.48. The van der Waals surface area contributed by atoms with E-state index in [2.05, 4.69) is 56.7 Å². The number of rotatable bonds is 3. The number of nitrogens with zero attached hydrogens (tertiary/aromatic N) is 1. The topological polar surface area (TPSA) is 12.5 Å². The Bertz CT molecular complexity index is 453. The number of hydrogen-bond donors (Lipinski definition) is 0. The molecule has 1 heterocycles. The average Bonchev–Trinajstić information content (AvgIpc) is 2.31. The van der Waals surface area contributed by atoms with Crippen molar-refractivity contribution in [3.8, 4) is 0 Å². The fourth-order valence-electron chi connectivity index (χ4n) is 2.51. The summed E-state index contributed by atoms with van der Waals surface area (Å²) >= 11 is 13.2. The van der Waals surface area contributed by atoms with Crippen molar-refractivity contribution in [3.63, 3.8) is 0 Å². The van der Waals surface area contributed by atoms with E-state index in [9.17, 15) is 0 Å². The largest absolute Gasteiger partial charge is 0.369 e. The van der Waals surface area contributed by atoms with Gasteiger partial charge in [-0.15, -0.1) is 0 Å². The van der Waals surface area contributed by atoms with E-state index in [-0.39, 0.29) is 11.7 Å². The van der Waals surface area contributed by atoms with Crippen LogP contribution in [0.1, 0.15) is 19.4 Å². The van der Waals surface area contributed by atoms with Crippen LogP contribution >= 0.6 is 43.5 Å². The van der Waals surface area contributed by atoms with Crippen LogP contribution in [0.15, 0.2) is 22.7 Å². The summed E-state index contributed by atoms with van der Waals surface area (Å²) in [6, 6.07) is 6.07. The number of morpholine rings is 1. The molecule has 1 atom stereocenters. The highest BCUT2D eigenvalue weighted by Crippen LogP contribution is 2.27. The Morgan fingerprint density at radius 1 is 1.47 bits per heavy atom. The summed E-state index contributed by atoms with van der Waals surface area (Å²) in [5, 5.41) is 1.68. The van der Waals surface area contributed by atoms with Gasteiger partial charge in [0, 0.05) is 34.5 Å². The SMILES string of the molecule is CC1(C)CN(Cc2ccc(Br)cc2Cl)CC(CBr)O1. The van der Waals surface area contributed by atoms with Crippen molar-refractivity contribution in [2.24, 2.45) is 0 Å². The molecule has 0 amide bonds. The molecular weight excluding hydrogens is 393 g/mol. The summed E-state index contributed by atoms with van der Waals surface area (Å²) in [5.74, 6) is 0. The van der Waals surface area contributed by atoms with Gasteiger partial charge in [0.05, 0.1) is 11.7 Å². The Labute approximate surface area is 136 Å². The molecule has 0 aliphatic carbocycles. The fourth-order valence-corrected chi connectivity index (χ4v) is 3.58. The molecule has 2 nitrogen and oxygen atoms in total. The minimum Gasteiger partial charge on any atom is -0.369 e. The van der Waals surface area contributed by atoms with Crippen molar-refractivity contribution in [1.82, 2.24) is 4.90 Å². The van der Waals surface area contributed by atoms with Crippen LogP contribution in [0.25, 0.3) is 0 Å². The Balaban J connectivity index is 2.09. The number of hydrogen-bond acceptors (Lipinski definition) is 2. The van der Waals surface area contributed by atoms with Crippen molar-refractivity contribution in [2.75, 3.05) is 18.4 Å². The second-order valence-electron chi connectivity index (χ2n) is 5.56. The maximum Gasteiger partial charge on any atom is 0.0806 e. The summed E-state index contributed by atoms with van der Waals surface area (Å²) in [7, 11) is 0. The van der Waals surface area contributed by atoms with E-state index >= 15 is 0 Å². The van der Waals surface area contributed by atoms with Crippen LogP contribution in [-0.2, 0) is 11.3 Å². The lowest BCUT2D eigenvalue weighted by molar-refractivity contribution is -0.128. The molecule has 1 unspecified atom stereocenters. The van der Waals surface area contributed by atoms with Gasteiger partial charge in [0.25, 0.3) is 0 Å². The van der Waals surface area contributed by atoms with Gasteiger partial charge in [-0.05, 0) is 31.5 Å². The lowest BCUT2D eigenvalue weighted by atomic mass is 10.0. The molecule has 5 heteroatoms. The molecule has 1 aliphatic rings. The quantitative estimate of drug-likeness (QED) is 0.680. The first kappa shape index (κ1) is 15.8. The molecule has 106 valence electrons. The minimum atomic E-state index is -0.113. The highest BCUT2D eigenvalue weighted by Gasteiger charge is 2.32. The number of benzene rings is 1. The van der Waals surface area contributed by atoms with E-state index < -0.39 is 0 Å². The summed E-state index contributed by atoms with van der Waals surface area (Å²) in [5.41, 5.74) is 1.05. The zero-order valence-electron chi connectivity index (χ0n) is 11.1. The van der Waals surface area contributed by atoms with Crippen molar-refractivity contribution in [1.29, 1.82) is 0 Å². The number of halogens is 3. The third-order valence-corrected chi connectivity index (χ3v) is 4.70. The molecule has 1 aromatic carbocycles. The molecule has 0 bridgehead atoms. The summed E-state index contributed by atoms with van der Waals surface area (Å²) in [4.78, 5) is 2.41. The maximum absolute atomic E-state index is 6.29. The standard InChI is InChI=1S/C14H18Br2ClNO/c1-14(2)9-18(8-12(6-15)19-14)7-10-3-4-11(16)5-13(10)17/h3-5,12H,6-9H2,1-2H3. The second-order valence-corrected chi connectivity index (χ2v) is 7.53. The predicted molar refractivity (Wildman–Crippen MR) is 87.2 cm³/mol. The van der Waals surface area contributed by atoms with Gasteiger partial charge in [-0.1, -0.05) is 49.5 Å². The molecule has 0 spiro atoms. The third-order valence-electron chi connectivity index (χ3n) is 3.13. The molecule has 19 heavy (non-hydrogen) atoms. The Morgan fingerprint density at radius 3 is 2.84 bits per heavy atom. The molecule has 0 aromatic heterocycles. The van der Waals surface area contributed by atoms with Crippen molar-refractivity contribution < 1.29 is 4.74 Å². The number of ether oxygens (including phenoxy) is 1. The van der Waals surface area contributed by atoms with Gasteiger partial charge < -0.3 is 4.74 Å². The summed E-state index contributed by atoms with van der Waals surface area (Å²) in [6.07, 6.45) is 0.234. The molecule has 1 aromatic rings. The highest BCUT2D eigenvalue weighted by atomic mass is 79.9. The fraction of sp³-hybridized carbons (Fsp3) is 0.571. The van der Waals surface area contributed by atoms with Crippen LogP contribution < -0.4 is 0 Å². The van der Waals surface area contributed by atoms with Crippen molar-refractivity contribution in [3.05, 3.63) is 33.3 Å². The van der Waals surface area contributed by atoms with E-state index in [0.29, 0.717) is 0 Å². The summed E-state index contributed by atoms with van der Waals surface area (Å²) in [6.45, 7) is 6.99. The highest BCUT2D eigenvalue weighted by molar-refractivity contribution is 9.10. The molecule has 0 radical (unpaired) electrons. The van der Waals surface area contributed by atoms with Crippen LogP contribution in [0.2, 0.25) is 5.02 Å². The molecule has 0 saturated carbocycles. The minimum absolute atomic E-state index is 0.113. The van der Waals surface area contributed by atoms with Gasteiger partial charge in [-0.2, -0.15) is 0 Å². The van der Waals surface area contributed by atoms with Gasteiger partial charge in [0.2, 0.25) is 0 Å². The molecule has 0 N–H and O–H groups in total. The smallest absolute Gasteiger partial charge is 0.0806 e. The first-order valence-electron chi connectivity index (χ1n) is 6.30. The Hall–Kier alpha value is 0.390. The normalized spacial score (nSPS) is 23.5. The van der Waals surface area contributed by atoms with Gasteiger partial charge in [-0.3, -0.25) is 4.90 Å². The third kappa shape index (κ3) is 4.43. The van der Waals surface area contributed by atoms with E-state index in [1.165, 1.54) is 0 Å². The van der Waals surface area contributed by atoms with Crippen LogP contribution in [0.5, 0.6) is 0 Å². The number of alkyl halides is 1. The first-order chi connectivity index (χ1) is 8.89. The zero-order chi connectivity index (χ0) is 14.0. The molecule has 1 saturated heterocycles. The van der Waals surface area contributed by atoms with Crippen LogP contribution in [0.3, 0.4) is 0 Å². The first-order valence-corrected chi connectivity index (χ1v) is 8.59. The lowest BCUT2D eigenvalue weighted by Gasteiger charge is -2.42. The van der Waals surface area contributed by atoms with Gasteiger partial charge >= 0.3 is 0 Å². The van der Waals surface area contributed by atoms with Crippen LogP contribution in [0, 0.1) is 0 Å². The van der Waals surface area contributed by atoms with Crippen molar-refractivity contribution >= 4 is 43.5 Å². The van der Waals surface area contributed by atoms with Gasteiger partial charge in [0.1, 0.15) is 0 Å². The van der Waals surface area contributed by atoms with E-state index in [1.807, 2.05) is 12.1 Å². The average molecular weight is 412 g/mol. The summed E-state index contributed by atoms with van der Waals surface area (Å²) < 4.78 is 7.03. The molecule has 2 rings (SSSR count). The lowest BCUT2D eigenvalue weighted by Crippen LogP contribution is -2.52. The molecular formula is C14H18Br2ClNO. The van der Waals surface area contributed by atoms with Crippen molar-refractivity contribution in [2.45, 2.75) is 32.1 Å². The Morgan fingerprint density at radius 2 is 2.21 bits per heavy atom. The molecule has 1 aliphatic heterocycles. The monoisotopic (exact) mass is 409 g/mol. The second kappa shape index (κ2) is 6.44. The van der Waals surface area contributed by atoms with E-state index in [1.54, 1.807) is 0 Å². The zero-order valence-corrected chi connectivity index (χ0v) is 15.1. The van der Waals surface area contributed by atoms with Gasteiger partial charge in [0.15, 0.2) is 0 Å². The molecule has 1 fully saturated rings. The van der Waals surface area contributed by atoms with E-state index in [0.717, 1.165) is 40.0 Å². The van der Waals surface area contributed by atoms with Crippen LogP contribution in [0.4, 0.5) is 0 Å². The van der Waals surface area contributed by atoms with Crippen LogP contribution in [-0.4, -0.2) is 35.0 Å².